The third-order valence-electron chi connectivity index (χ3n) is 2.68. The molecule has 8 heteroatoms. The molecule has 0 spiro atoms. The summed E-state index contributed by atoms with van der Waals surface area (Å²) in [5, 5.41) is 11.1. The minimum atomic E-state index is 0.478. The van der Waals surface area contributed by atoms with Crippen LogP contribution in [0.1, 0.15) is 25.1 Å². The summed E-state index contributed by atoms with van der Waals surface area (Å²) >= 11 is 12.2. The molecule has 0 bridgehead atoms. The third kappa shape index (κ3) is 4.47. The molecule has 2 heterocycles. The Hall–Kier alpha value is -1.53. The molecule has 0 unspecified atom stereocenters. The minimum Gasteiger partial charge on any atom is -0.369 e. The molecule has 2 aromatic heterocycles. The molecule has 0 aromatic carbocycles. The van der Waals surface area contributed by atoms with Crippen molar-refractivity contribution in [2.24, 2.45) is 0 Å². The van der Waals surface area contributed by atoms with Gasteiger partial charge in [0.25, 0.3) is 0 Å². The van der Waals surface area contributed by atoms with Crippen molar-refractivity contribution in [3.63, 3.8) is 0 Å². The van der Waals surface area contributed by atoms with Crippen LogP contribution in [-0.4, -0.2) is 28.2 Å². The third-order valence-corrected chi connectivity index (χ3v) is 3.26. The Labute approximate surface area is 133 Å². The maximum Gasteiger partial charge on any atom is 0.223 e. The lowest BCUT2D eigenvalue weighted by atomic mass is 10.3. The summed E-state index contributed by atoms with van der Waals surface area (Å²) < 4.78 is 4.91. The zero-order chi connectivity index (χ0) is 15.2. The number of aryl methyl sites for hydroxylation is 1. The summed E-state index contributed by atoms with van der Waals surface area (Å²) in [5.74, 6) is 2.41. The van der Waals surface area contributed by atoms with E-state index in [0.29, 0.717) is 46.4 Å². The van der Waals surface area contributed by atoms with Crippen molar-refractivity contribution >= 4 is 34.8 Å². The highest BCUT2D eigenvalue weighted by molar-refractivity contribution is 6.37. The quantitative estimate of drug-likeness (QED) is 0.808. The van der Waals surface area contributed by atoms with Crippen LogP contribution in [-0.2, 0) is 6.42 Å². The fourth-order valence-electron chi connectivity index (χ4n) is 1.69. The smallest absolute Gasteiger partial charge is 0.223 e. The zero-order valence-electron chi connectivity index (χ0n) is 11.9. The highest BCUT2D eigenvalue weighted by Crippen LogP contribution is 2.29. The number of nitrogens with one attached hydrogen (secondary N) is 2. The van der Waals surface area contributed by atoms with Crippen LogP contribution in [0.15, 0.2) is 10.6 Å². The highest BCUT2D eigenvalue weighted by atomic mass is 35.5. The van der Waals surface area contributed by atoms with Gasteiger partial charge in [-0.05, 0) is 12.5 Å². The molecule has 0 fully saturated rings. The van der Waals surface area contributed by atoms with Gasteiger partial charge in [0, 0.05) is 26.4 Å². The van der Waals surface area contributed by atoms with Crippen molar-refractivity contribution in [3.8, 4) is 0 Å². The van der Waals surface area contributed by atoms with Gasteiger partial charge in [0.05, 0.1) is 10.0 Å². The van der Waals surface area contributed by atoms with E-state index in [9.17, 15) is 0 Å². The number of aromatic nitrogens is 3. The van der Waals surface area contributed by atoms with Crippen LogP contribution in [0.3, 0.4) is 0 Å². The molecule has 6 nitrogen and oxygen atoms in total. The van der Waals surface area contributed by atoms with Gasteiger partial charge in [-0.2, -0.15) is 4.98 Å². The van der Waals surface area contributed by atoms with Gasteiger partial charge in [0.2, 0.25) is 5.89 Å². The minimum absolute atomic E-state index is 0.478. The first-order chi connectivity index (χ1) is 10.1. The van der Waals surface area contributed by atoms with Gasteiger partial charge in [-0.15, -0.1) is 0 Å². The number of anilines is 2. The average Bonchev–Trinajstić information content (AvgIpc) is 2.85. The topological polar surface area (TPSA) is 75.9 Å². The van der Waals surface area contributed by atoms with Crippen molar-refractivity contribution in [2.75, 3.05) is 23.7 Å². The standard InChI is InChI=1S/C13H17Cl2N5O/c1-3-5-16-12-9(14)7-10(15)13(19-12)17-6-4-11-18-8(2)21-20-11/h7H,3-6H2,1-2H3,(H2,16,17,19). The summed E-state index contributed by atoms with van der Waals surface area (Å²) in [7, 11) is 0. The van der Waals surface area contributed by atoms with E-state index >= 15 is 0 Å². The number of rotatable bonds is 7. The fraction of sp³-hybridized carbons (Fsp3) is 0.462. The Balaban J connectivity index is 1.98. The first-order valence-electron chi connectivity index (χ1n) is 6.73. The summed E-state index contributed by atoms with van der Waals surface area (Å²) in [6, 6.07) is 1.68. The summed E-state index contributed by atoms with van der Waals surface area (Å²) in [6.07, 6.45) is 1.61. The molecule has 0 aliphatic heterocycles. The van der Waals surface area contributed by atoms with Crippen LogP contribution in [0.2, 0.25) is 10.0 Å². The number of pyridine rings is 1. The van der Waals surface area contributed by atoms with Crippen molar-refractivity contribution in [1.29, 1.82) is 0 Å². The molecular formula is C13H17Cl2N5O. The monoisotopic (exact) mass is 329 g/mol. The second-order valence-electron chi connectivity index (χ2n) is 4.48. The molecule has 2 N–H and O–H groups in total. The predicted molar refractivity (Wildman–Crippen MR) is 84.3 cm³/mol. The van der Waals surface area contributed by atoms with Gasteiger partial charge < -0.3 is 15.2 Å². The molecule has 0 atom stereocenters. The van der Waals surface area contributed by atoms with E-state index in [-0.39, 0.29) is 0 Å². The number of nitrogens with zero attached hydrogens (tertiary/aromatic N) is 3. The molecule has 2 rings (SSSR count). The lowest BCUT2D eigenvalue weighted by Crippen LogP contribution is -2.10. The van der Waals surface area contributed by atoms with E-state index in [0.717, 1.165) is 13.0 Å². The van der Waals surface area contributed by atoms with Gasteiger partial charge in [0.1, 0.15) is 11.6 Å². The number of hydrogen-bond donors (Lipinski definition) is 2. The largest absolute Gasteiger partial charge is 0.369 e. The normalized spacial score (nSPS) is 10.7. The van der Waals surface area contributed by atoms with Gasteiger partial charge in [-0.1, -0.05) is 35.3 Å². The van der Waals surface area contributed by atoms with Gasteiger partial charge >= 0.3 is 0 Å². The molecule has 0 aliphatic rings. The van der Waals surface area contributed by atoms with E-state index in [1.807, 2.05) is 0 Å². The van der Waals surface area contributed by atoms with Gasteiger partial charge in [-0.25, -0.2) is 4.98 Å². The van der Waals surface area contributed by atoms with Gasteiger partial charge in [0.15, 0.2) is 5.82 Å². The summed E-state index contributed by atoms with van der Waals surface area (Å²) in [5.41, 5.74) is 0. The van der Waals surface area contributed by atoms with E-state index in [2.05, 4.69) is 32.7 Å². The van der Waals surface area contributed by atoms with Crippen LogP contribution in [0, 0.1) is 6.92 Å². The van der Waals surface area contributed by atoms with Crippen LogP contribution < -0.4 is 10.6 Å². The number of halogens is 2. The van der Waals surface area contributed by atoms with Crippen molar-refractivity contribution < 1.29 is 4.52 Å². The van der Waals surface area contributed by atoms with E-state index < -0.39 is 0 Å². The van der Waals surface area contributed by atoms with Crippen LogP contribution in [0.4, 0.5) is 11.6 Å². The molecule has 21 heavy (non-hydrogen) atoms. The maximum absolute atomic E-state index is 6.13. The van der Waals surface area contributed by atoms with Gasteiger partial charge in [-0.3, -0.25) is 0 Å². The highest BCUT2D eigenvalue weighted by Gasteiger charge is 2.09. The Morgan fingerprint density at radius 2 is 1.76 bits per heavy atom. The second-order valence-corrected chi connectivity index (χ2v) is 5.30. The summed E-state index contributed by atoms with van der Waals surface area (Å²) in [6.45, 7) is 5.23. The molecule has 2 aromatic rings. The Morgan fingerprint density at radius 1 is 1.10 bits per heavy atom. The summed E-state index contributed by atoms with van der Waals surface area (Å²) in [4.78, 5) is 8.53. The zero-order valence-corrected chi connectivity index (χ0v) is 13.4. The number of hydrogen-bond acceptors (Lipinski definition) is 6. The second kappa shape index (κ2) is 7.47. The molecule has 0 radical (unpaired) electrons. The SMILES string of the molecule is CCCNc1nc(NCCc2noc(C)n2)c(Cl)cc1Cl. The molecule has 0 saturated heterocycles. The van der Waals surface area contributed by atoms with E-state index in [1.165, 1.54) is 0 Å². The first-order valence-corrected chi connectivity index (χ1v) is 7.48. The lowest BCUT2D eigenvalue weighted by Gasteiger charge is -2.11. The Morgan fingerprint density at radius 3 is 2.33 bits per heavy atom. The van der Waals surface area contributed by atoms with Crippen molar-refractivity contribution in [3.05, 3.63) is 27.8 Å². The fourth-order valence-corrected chi connectivity index (χ4v) is 2.19. The lowest BCUT2D eigenvalue weighted by molar-refractivity contribution is 0.387. The van der Waals surface area contributed by atoms with E-state index in [1.54, 1.807) is 13.0 Å². The molecule has 0 saturated carbocycles. The average molecular weight is 330 g/mol. The van der Waals surface area contributed by atoms with Crippen LogP contribution in [0.5, 0.6) is 0 Å². The Kier molecular flexibility index (Phi) is 5.64. The van der Waals surface area contributed by atoms with E-state index in [4.69, 9.17) is 27.7 Å². The maximum atomic E-state index is 6.13. The molecule has 114 valence electrons. The predicted octanol–water partition coefficient (Wildman–Crippen LogP) is 3.56. The molecular weight excluding hydrogens is 313 g/mol. The molecule has 0 amide bonds. The van der Waals surface area contributed by atoms with Crippen molar-refractivity contribution in [1.82, 2.24) is 15.1 Å². The van der Waals surface area contributed by atoms with Crippen molar-refractivity contribution in [2.45, 2.75) is 26.7 Å². The Bertz CT molecular complexity index is 602. The van der Waals surface area contributed by atoms with Crippen LogP contribution in [0.25, 0.3) is 0 Å². The van der Waals surface area contributed by atoms with Crippen LogP contribution >= 0.6 is 23.2 Å². The molecule has 0 aliphatic carbocycles. The first kappa shape index (κ1) is 15.9.